The first-order valence-corrected chi connectivity index (χ1v) is 7.05. The molecule has 3 nitrogen and oxygen atoms in total. The first-order chi connectivity index (χ1) is 9.92. The van der Waals surface area contributed by atoms with Gasteiger partial charge < -0.3 is 9.47 Å². The number of nitrogens with zero attached hydrogens (tertiary/aromatic N) is 1. The minimum Gasteiger partial charge on any atom is -0.448 e. The van der Waals surface area contributed by atoms with Crippen LogP contribution in [-0.4, -0.2) is 4.98 Å². The van der Waals surface area contributed by atoms with Crippen molar-refractivity contribution in [3.63, 3.8) is 0 Å². The molecule has 0 bridgehead atoms. The Morgan fingerprint density at radius 3 is 1.85 bits per heavy atom. The smallest absolute Gasteiger partial charge is 0.294 e. The van der Waals surface area contributed by atoms with Gasteiger partial charge in [-0.2, -0.15) is 0 Å². The Labute approximate surface area is 121 Å². The minimum absolute atomic E-state index is 0.573. The third-order valence-electron chi connectivity index (χ3n) is 2.58. The van der Waals surface area contributed by atoms with Crippen LogP contribution in [0.5, 0.6) is 11.5 Å². The van der Waals surface area contributed by atoms with Crippen LogP contribution in [0.2, 0.25) is 0 Å². The van der Waals surface area contributed by atoms with E-state index in [4.69, 9.17) is 9.47 Å². The van der Waals surface area contributed by atoms with Crippen LogP contribution in [-0.2, 0) is 0 Å². The van der Waals surface area contributed by atoms with Gasteiger partial charge in [0.25, 0.3) is 6.29 Å². The molecule has 1 heterocycles. The number of hydrogen-bond acceptors (Lipinski definition) is 4. The second-order valence-corrected chi connectivity index (χ2v) is 4.90. The fourth-order valence-corrected chi connectivity index (χ4v) is 2.22. The Bertz CT molecular complexity index is 585. The van der Waals surface area contributed by atoms with Crippen LogP contribution >= 0.6 is 11.3 Å². The van der Waals surface area contributed by atoms with Crippen LogP contribution < -0.4 is 9.47 Å². The average Bonchev–Trinajstić information content (AvgIpc) is 3.03. The van der Waals surface area contributed by atoms with Crippen LogP contribution in [0, 0.1) is 6.20 Å². The summed E-state index contributed by atoms with van der Waals surface area (Å²) in [5.41, 5.74) is 0. The predicted octanol–water partition coefficient (Wildman–Crippen LogP) is 4.10. The van der Waals surface area contributed by atoms with Gasteiger partial charge in [-0.25, -0.2) is 4.98 Å². The maximum Gasteiger partial charge on any atom is 0.294 e. The van der Waals surface area contributed by atoms with Crippen LogP contribution in [0.1, 0.15) is 11.3 Å². The minimum atomic E-state index is -0.573. The van der Waals surface area contributed by atoms with Crippen LogP contribution in [0.15, 0.2) is 66.0 Å². The zero-order valence-corrected chi connectivity index (χ0v) is 11.4. The molecule has 3 rings (SSSR count). The molecule has 0 aliphatic rings. The number of aromatic nitrogens is 1. The summed E-state index contributed by atoms with van der Waals surface area (Å²) in [6, 6.07) is 19.1. The van der Waals surface area contributed by atoms with E-state index >= 15 is 0 Å². The van der Waals surface area contributed by atoms with E-state index in [0.29, 0.717) is 0 Å². The maximum absolute atomic E-state index is 5.87. The largest absolute Gasteiger partial charge is 0.448 e. The van der Waals surface area contributed by atoms with Gasteiger partial charge in [0.05, 0.1) is 0 Å². The summed E-state index contributed by atoms with van der Waals surface area (Å²) in [5, 5.41) is 2.52. The second kappa shape index (κ2) is 6.21. The summed E-state index contributed by atoms with van der Waals surface area (Å²) in [5.74, 6) is 1.48. The summed E-state index contributed by atoms with van der Waals surface area (Å²) in [6.07, 6.45) is 2.22. The van der Waals surface area contributed by atoms with E-state index in [1.54, 1.807) is 5.38 Å². The van der Waals surface area contributed by atoms with E-state index in [0.717, 1.165) is 16.5 Å². The summed E-state index contributed by atoms with van der Waals surface area (Å²) in [6.45, 7) is 0. The number of para-hydroxylation sites is 2. The molecule has 0 atom stereocenters. The van der Waals surface area contributed by atoms with Crippen LogP contribution in [0.3, 0.4) is 0 Å². The third kappa shape index (κ3) is 3.16. The molecular weight excluding hydrogens is 270 g/mol. The molecule has 20 heavy (non-hydrogen) atoms. The number of hydrogen-bond donors (Lipinski definition) is 0. The maximum atomic E-state index is 5.87. The van der Waals surface area contributed by atoms with Crippen LogP contribution in [0.4, 0.5) is 0 Å². The van der Waals surface area contributed by atoms with Gasteiger partial charge in [-0.1, -0.05) is 36.4 Å². The molecule has 3 aromatic rings. The van der Waals surface area contributed by atoms with E-state index in [1.165, 1.54) is 11.3 Å². The topological polar surface area (TPSA) is 31.4 Å². The molecule has 0 spiro atoms. The van der Waals surface area contributed by atoms with Gasteiger partial charge in [-0.15, -0.1) is 11.3 Å². The van der Waals surface area contributed by atoms with E-state index < -0.39 is 6.29 Å². The highest BCUT2D eigenvalue weighted by molar-refractivity contribution is 7.09. The molecule has 99 valence electrons. The molecule has 0 aliphatic heterocycles. The Balaban J connectivity index is 1.81. The van der Waals surface area contributed by atoms with Crippen molar-refractivity contribution in [2.75, 3.05) is 0 Å². The molecule has 0 aliphatic carbocycles. The lowest BCUT2D eigenvalue weighted by molar-refractivity contribution is 0.00363. The molecule has 0 saturated carbocycles. The first-order valence-electron chi connectivity index (χ1n) is 6.17. The van der Waals surface area contributed by atoms with Crippen molar-refractivity contribution >= 4 is 11.3 Å². The van der Waals surface area contributed by atoms with Gasteiger partial charge >= 0.3 is 0 Å². The number of thiazole rings is 1. The number of rotatable bonds is 5. The van der Waals surface area contributed by atoms with Crippen molar-refractivity contribution < 1.29 is 9.47 Å². The quantitative estimate of drug-likeness (QED) is 0.660. The van der Waals surface area contributed by atoms with Gasteiger partial charge in [0, 0.05) is 5.38 Å². The van der Waals surface area contributed by atoms with Gasteiger partial charge in [0.2, 0.25) is 0 Å². The monoisotopic (exact) mass is 282 g/mol. The Kier molecular flexibility index (Phi) is 3.94. The Morgan fingerprint density at radius 2 is 1.40 bits per heavy atom. The molecule has 0 N–H and O–H groups in total. The molecule has 0 amide bonds. The number of benzene rings is 2. The zero-order chi connectivity index (χ0) is 13.6. The summed E-state index contributed by atoms with van der Waals surface area (Å²) < 4.78 is 11.7. The number of ether oxygens (including phenoxy) is 2. The van der Waals surface area contributed by atoms with Gasteiger partial charge in [0.1, 0.15) is 17.7 Å². The lowest BCUT2D eigenvalue weighted by Gasteiger charge is -2.18. The van der Waals surface area contributed by atoms with E-state index in [1.807, 2.05) is 60.7 Å². The van der Waals surface area contributed by atoms with Crippen molar-refractivity contribution in [1.29, 1.82) is 0 Å². The SMILES string of the molecule is [c]1csc(C(Oc2ccccc2)Oc2ccccc2)n1. The van der Waals surface area contributed by atoms with Crippen molar-refractivity contribution in [2.24, 2.45) is 0 Å². The van der Waals surface area contributed by atoms with Gasteiger partial charge in [-0.3, -0.25) is 0 Å². The van der Waals surface area contributed by atoms with E-state index in [-0.39, 0.29) is 0 Å². The summed E-state index contributed by atoms with van der Waals surface area (Å²) in [7, 11) is 0. The lowest BCUT2D eigenvalue weighted by Crippen LogP contribution is -2.14. The molecule has 0 unspecified atom stereocenters. The van der Waals surface area contributed by atoms with E-state index in [2.05, 4.69) is 11.2 Å². The Hall–Kier alpha value is -2.33. The predicted molar refractivity (Wildman–Crippen MR) is 77.8 cm³/mol. The van der Waals surface area contributed by atoms with Crippen molar-refractivity contribution in [3.8, 4) is 11.5 Å². The summed E-state index contributed by atoms with van der Waals surface area (Å²) in [4.78, 5) is 4.15. The zero-order valence-electron chi connectivity index (χ0n) is 10.6. The molecule has 1 radical (unpaired) electrons. The standard InChI is InChI=1S/C16H12NO2S/c1-3-7-13(8-4-1)18-16(15-17-11-12-20-15)19-14-9-5-2-6-10-14/h1-10,12,16H. The Morgan fingerprint density at radius 1 is 0.850 bits per heavy atom. The first kappa shape index (κ1) is 12.7. The molecule has 2 aromatic carbocycles. The van der Waals surface area contributed by atoms with Crippen molar-refractivity contribution in [1.82, 2.24) is 4.98 Å². The molecule has 1 aromatic heterocycles. The van der Waals surface area contributed by atoms with E-state index in [9.17, 15) is 0 Å². The average molecular weight is 282 g/mol. The normalized spacial score (nSPS) is 10.4. The molecule has 0 saturated heterocycles. The highest BCUT2D eigenvalue weighted by atomic mass is 32.1. The highest BCUT2D eigenvalue weighted by Crippen LogP contribution is 2.26. The lowest BCUT2D eigenvalue weighted by atomic mass is 10.3. The van der Waals surface area contributed by atoms with Crippen molar-refractivity contribution in [3.05, 3.63) is 77.2 Å². The molecule has 4 heteroatoms. The van der Waals surface area contributed by atoms with Gasteiger partial charge in [-0.05, 0) is 24.3 Å². The fraction of sp³-hybridized carbons (Fsp3) is 0.0625. The second-order valence-electron chi connectivity index (χ2n) is 4.01. The fourth-order valence-electron chi connectivity index (χ4n) is 1.68. The summed E-state index contributed by atoms with van der Waals surface area (Å²) >= 11 is 1.45. The molecular formula is C16H12NO2S. The van der Waals surface area contributed by atoms with Crippen molar-refractivity contribution in [2.45, 2.75) is 6.29 Å². The highest BCUT2D eigenvalue weighted by Gasteiger charge is 2.18. The van der Waals surface area contributed by atoms with Crippen LogP contribution in [0.25, 0.3) is 0 Å². The third-order valence-corrected chi connectivity index (χ3v) is 3.33. The van der Waals surface area contributed by atoms with Gasteiger partial charge in [0.15, 0.2) is 5.01 Å². The molecule has 0 fully saturated rings.